The normalized spacial score (nSPS) is 17.6. The zero-order valence-electron chi connectivity index (χ0n) is 11.8. The molecule has 0 aliphatic heterocycles. The van der Waals surface area contributed by atoms with Gasteiger partial charge in [0, 0.05) is 0 Å². The van der Waals surface area contributed by atoms with Crippen LogP contribution in [0.5, 0.6) is 5.75 Å². The molecule has 1 aliphatic rings. The molecular formula is C18H20O2. The van der Waals surface area contributed by atoms with Crippen molar-refractivity contribution in [3.05, 3.63) is 64.7 Å². The molecule has 3 rings (SSSR count). The van der Waals surface area contributed by atoms with Crippen molar-refractivity contribution in [3.8, 4) is 5.75 Å². The topological polar surface area (TPSA) is 29.5 Å². The van der Waals surface area contributed by atoms with E-state index >= 15 is 0 Å². The molecule has 0 spiro atoms. The van der Waals surface area contributed by atoms with Crippen molar-refractivity contribution in [2.45, 2.75) is 38.9 Å². The number of aliphatic hydroxyl groups excluding tert-OH is 1. The number of aliphatic hydroxyl groups is 1. The van der Waals surface area contributed by atoms with Crippen molar-refractivity contribution in [2.75, 3.05) is 0 Å². The summed E-state index contributed by atoms with van der Waals surface area (Å²) in [6.07, 6.45) is 2.65. The molecule has 0 fully saturated rings. The summed E-state index contributed by atoms with van der Waals surface area (Å²) >= 11 is 0. The number of ether oxygens (including phenoxy) is 1. The van der Waals surface area contributed by atoms with E-state index in [1.165, 1.54) is 16.7 Å². The van der Waals surface area contributed by atoms with Gasteiger partial charge in [-0.2, -0.15) is 0 Å². The van der Waals surface area contributed by atoms with E-state index < -0.39 is 0 Å². The summed E-state index contributed by atoms with van der Waals surface area (Å²) in [4.78, 5) is 0. The molecule has 0 bridgehead atoms. The van der Waals surface area contributed by atoms with Crippen molar-refractivity contribution in [2.24, 2.45) is 0 Å². The molecule has 0 unspecified atom stereocenters. The van der Waals surface area contributed by atoms with Crippen molar-refractivity contribution in [1.29, 1.82) is 0 Å². The Morgan fingerprint density at radius 3 is 2.95 bits per heavy atom. The van der Waals surface area contributed by atoms with Gasteiger partial charge in [-0.25, -0.2) is 0 Å². The van der Waals surface area contributed by atoms with Crippen LogP contribution in [0.4, 0.5) is 0 Å². The smallest absolute Gasteiger partial charge is 0.120 e. The number of fused-ring (bicyclic) bond motifs is 1. The van der Waals surface area contributed by atoms with Gasteiger partial charge in [-0.1, -0.05) is 35.9 Å². The van der Waals surface area contributed by atoms with Crippen LogP contribution in [0.1, 0.15) is 41.2 Å². The Hall–Kier alpha value is -1.80. The van der Waals surface area contributed by atoms with Crippen molar-refractivity contribution in [1.82, 2.24) is 0 Å². The van der Waals surface area contributed by atoms with Gasteiger partial charge in [0.25, 0.3) is 0 Å². The number of rotatable bonds is 3. The highest BCUT2D eigenvalue weighted by atomic mass is 16.5. The minimum absolute atomic E-state index is 0.332. The Bertz CT molecular complexity index is 604. The summed E-state index contributed by atoms with van der Waals surface area (Å²) in [5.41, 5.74) is 4.71. The highest BCUT2D eigenvalue weighted by Crippen LogP contribution is 2.32. The molecule has 2 aromatic carbocycles. The van der Waals surface area contributed by atoms with E-state index in [9.17, 15) is 5.11 Å². The molecule has 0 saturated heterocycles. The fraction of sp³-hybridized carbons (Fsp3) is 0.333. The van der Waals surface area contributed by atoms with Gasteiger partial charge in [0.05, 0.1) is 6.10 Å². The first-order valence-electron chi connectivity index (χ1n) is 7.21. The zero-order valence-corrected chi connectivity index (χ0v) is 11.8. The number of benzene rings is 2. The predicted molar refractivity (Wildman–Crippen MR) is 79.9 cm³/mol. The summed E-state index contributed by atoms with van der Waals surface area (Å²) in [5, 5.41) is 10.1. The Kier molecular flexibility index (Phi) is 3.75. The largest absolute Gasteiger partial charge is 0.489 e. The SMILES string of the molecule is Cc1cccc(COc2ccc3c(c2)[C@@H](O)CCC3)c1. The zero-order chi connectivity index (χ0) is 13.9. The van der Waals surface area contributed by atoms with Crippen LogP contribution in [-0.4, -0.2) is 5.11 Å². The third-order valence-corrected chi connectivity index (χ3v) is 3.89. The summed E-state index contributed by atoms with van der Waals surface area (Å²) in [7, 11) is 0. The third kappa shape index (κ3) is 2.86. The lowest BCUT2D eigenvalue weighted by atomic mass is 9.89. The standard InChI is InChI=1S/C18H20O2/c1-13-4-2-5-14(10-13)12-20-16-9-8-15-6-3-7-18(19)17(15)11-16/h2,4-5,8-11,18-19H,3,6-7,12H2,1H3/t18-/m0/s1. The number of hydrogen-bond acceptors (Lipinski definition) is 2. The van der Waals surface area contributed by atoms with E-state index in [1.54, 1.807) is 0 Å². The fourth-order valence-corrected chi connectivity index (χ4v) is 2.81. The number of aryl methyl sites for hydroxylation is 2. The molecule has 1 aliphatic carbocycles. The van der Waals surface area contributed by atoms with Gasteiger partial charge in [-0.05, 0) is 55.0 Å². The second kappa shape index (κ2) is 5.68. The first-order valence-corrected chi connectivity index (χ1v) is 7.21. The van der Waals surface area contributed by atoms with Gasteiger partial charge in [0.15, 0.2) is 0 Å². The van der Waals surface area contributed by atoms with E-state index in [2.05, 4.69) is 31.2 Å². The fourth-order valence-electron chi connectivity index (χ4n) is 2.81. The van der Waals surface area contributed by atoms with Crippen LogP contribution in [0.3, 0.4) is 0 Å². The number of hydrogen-bond donors (Lipinski definition) is 1. The molecule has 0 radical (unpaired) electrons. The maximum Gasteiger partial charge on any atom is 0.120 e. The second-order valence-electron chi connectivity index (χ2n) is 5.55. The Labute approximate surface area is 120 Å². The second-order valence-corrected chi connectivity index (χ2v) is 5.55. The summed E-state index contributed by atoms with van der Waals surface area (Å²) in [6, 6.07) is 14.4. The average molecular weight is 268 g/mol. The van der Waals surface area contributed by atoms with E-state index in [1.807, 2.05) is 18.2 Å². The van der Waals surface area contributed by atoms with E-state index in [-0.39, 0.29) is 6.10 Å². The lowest BCUT2D eigenvalue weighted by Crippen LogP contribution is -2.09. The molecule has 0 heterocycles. The highest BCUT2D eigenvalue weighted by Gasteiger charge is 2.18. The lowest BCUT2D eigenvalue weighted by Gasteiger charge is -2.22. The predicted octanol–water partition coefficient (Wildman–Crippen LogP) is 3.94. The molecule has 20 heavy (non-hydrogen) atoms. The summed E-state index contributed by atoms with van der Waals surface area (Å²) in [6.45, 7) is 2.65. The van der Waals surface area contributed by atoms with Crippen molar-refractivity contribution in [3.63, 3.8) is 0 Å². The van der Waals surface area contributed by atoms with Gasteiger partial charge in [0.2, 0.25) is 0 Å². The van der Waals surface area contributed by atoms with E-state index in [0.717, 1.165) is 30.6 Å². The molecule has 2 nitrogen and oxygen atoms in total. The molecule has 2 heteroatoms. The van der Waals surface area contributed by atoms with Crippen LogP contribution in [-0.2, 0) is 13.0 Å². The summed E-state index contributed by atoms with van der Waals surface area (Å²) in [5.74, 6) is 0.839. The van der Waals surface area contributed by atoms with Crippen LogP contribution in [0.2, 0.25) is 0 Å². The molecular weight excluding hydrogens is 248 g/mol. The van der Waals surface area contributed by atoms with Crippen molar-refractivity contribution >= 4 is 0 Å². The summed E-state index contributed by atoms with van der Waals surface area (Å²) < 4.78 is 5.85. The maximum absolute atomic E-state index is 10.1. The molecule has 0 aromatic heterocycles. The molecule has 1 N–H and O–H groups in total. The molecule has 1 atom stereocenters. The van der Waals surface area contributed by atoms with E-state index in [0.29, 0.717) is 6.61 Å². The van der Waals surface area contributed by atoms with Crippen LogP contribution < -0.4 is 4.74 Å². The van der Waals surface area contributed by atoms with Crippen molar-refractivity contribution < 1.29 is 9.84 Å². The third-order valence-electron chi connectivity index (χ3n) is 3.89. The molecule has 0 amide bonds. The molecule has 104 valence electrons. The van der Waals surface area contributed by atoms with Gasteiger partial charge < -0.3 is 9.84 Å². The van der Waals surface area contributed by atoms with Crippen LogP contribution in [0, 0.1) is 6.92 Å². The first kappa shape index (κ1) is 13.2. The Balaban J connectivity index is 1.73. The molecule has 2 aromatic rings. The van der Waals surface area contributed by atoms with Crippen LogP contribution in [0.15, 0.2) is 42.5 Å². The highest BCUT2D eigenvalue weighted by molar-refractivity contribution is 5.38. The maximum atomic E-state index is 10.1. The average Bonchev–Trinajstić information content (AvgIpc) is 2.46. The quantitative estimate of drug-likeness (QED) is 0.913. The minimum atomic E-state index is -0.332. The van der Waals surface area contributed by atoms with Gasteiger partial charge in [0.1, 0.15) is 12.4 Å². The molecule has 0 saturated carbocycles. The minimum Gasteiger partial charge on any atom is -0.489 e. The lowest BCUT2D eigenvalue weighted by molar-refractivity contribution is 0.156. The van der Waals surface area contributed by atoms with Gasteiger partial charge in [-0.15, -0.1) is 0 Å². The monoisotopic (exact) mass is 268 g/mol. The van der Waals surface area contributed by atoms with Crippen LogP contribution >= 0.6 is 0 Å². The first-order chi connectivity index (χ1) is 9.72. The van der Waals surface area contributed by atoms with Gasteiger partial charge in [-0.3, -0.25) is 0 Å². The Morgan fingerprint density at radius 1 is 1.20 bits per heavy atom. The van der Waals surface area contributed by atoms with E-state index in [4.69, 9.17) is 4.74 Å². The van der Waals surface area contributed by atoms with Gasteiger partial charge >= 0.3 is 0 Å². The Morgan fingerprint density at radius 2 is 2.10 bits per heavy atom. The van der Waals surface area contributed by atoms with Crippen LogP contribution in [0.25, 0.3) is 0 Å².